The number of rotatable bonds is 19. The lowest BCUT2D eigenvalue weighted by atomic mass is 9.93. The summed E-state index contributed by atoms with van der Waals surface area (Å²) in [5.41, 5.74) is 4.09. The van der Waals surface area contributed by atoms with Crippen LogP contribution in [0.3, 0.4) is 0 Å². The van der Waals surface area contributed by atoms with Crippen LogP contribution in [0.1, 0.15) is 118 Å². The molecule has 1 atom stereocenters. The van der Waals surface area contributed by atoms with E-state index in [2.05, 4.69) is 19.9 Å². The smallest absolute Gasteiger partial charge is 0.167 e. The third-order valence-electron chi connectivity index (χ3n) is 7.07. The van der Waals surface area contributed by atoms with Gasteiger partial charge in [0.2, 0.25) is 0 Å². The molecule has 2 aromatic rings. The third-order valence-corrected chi connectivity index (χ3v) is 7.07. The molecule has 0 bridgehead atoms. The number of hydrogen-bond donors (Lipinski definition) is 1. The second kappa shape index (κ2) is 17.3. The minimum Gasteiger partial charge on any atom is -0.496 e. The predicted octanol–water partition coefficient (Wildman–Crippen LogP) is 8.29. The second-order valence-electron chi connectivity index (χ2n) is 9.92. The lowest BCUT2D eigenvalue weighted by Crippen LogP contribution is -2.10. The first-order valence-corrected chi connectivity index (χ1v) is 14.0. The summed E-state index contributed by atoms with van der Waals surface area (Å²) in [5.74, 6) is 0.950. The van der Waals surface area contributed by atoms with Crippen molar-refractivity contribution in [2.75, 3.05) is 7.11 Å². The van der Waals surface area contributed by atoms with Crippen LogP contribution in [0.25, 0.3) is 0 Å². The fourth-order valence-corrected chi connectivity index (χ4v) is 4.83. The Labute approximate surface area is 214 Å². The molecule has 0 aliphatic carbocycles. The number of carbonyl (C=O) groups is 1. The molecule has 2 rings (SSSR count). The molecular formula is C32H48O3. The molecule has 0 fully saturated rings. The Bertz CT molecular complexity index is 843. The second-order valence-corrected chi connectivity index (χ2v) is 9.92. The van der Waals surface area contributed by atoms with Crippen molar-refractivity contribution in [3.05, 3.63) is 64.7 Å². The van der Waals surface area contributed by atoms with Gasteiger partial charge in [0.1, 0.15) is 5.75 Å². The van der Waals surface area contributed by atoms with Crippen molar-refractivity contribution in [1.29, 1.82) is 0 Å². The maximum atomic E-state index is 12.7. The summed E-state index contributed by atoms with van der Waals surface area (Å²) in [5, 5.41) is 10.5. The number of aliphatic hydroxyl groups excluding tert-OH is 1. The fourth-order valence-electron chi connectivity index (χ4n) is 4.83. The van der Waals surface area contributed by atoms with Gasteiger partial charge in [-0.05, 0) is 48.4 Å². The van der Waals surface area contributed by atoms with Crippen LogP contribution in [-0.4, -0.2) is 24.1 Å². The number of ketones is 1. The first-order valence-electron chi connectivity index (χ1n) is 14.0. The monoisotopic (exact) mass is 480 g/mol. The van der Waals surface area contributed by atoms with Gasteiger partial charge in [0.15, 0.2) is 5.78 Å². The summed E-state index contributed by atoms with van der Waals surface area (Å²) in [6, 6.07) is 13.7. The minimum absolute atomic E-state index is 0.127. The van der Waals surface area contributed by atoms with Crippen LogP contribution in [0.2, 0.25) is 0 Å². The number of unbranched alkanes of at least 4 members (excludes halogenated alkanes) is 9. The Hall–Kier alpha value is -2.13. The highest BCUT2D eigenvalue weighted by Crippen LogP contribution is 2.27. The van der Waals surface area contributed by atoms with Crippen molar-refractivity contribution in [2.45, 2.75) is 116 Å². The SMILES string of the molecule is CCCCCCCCCCCCC(O)CCc1cc(CC)c(CC(=O)c2ccccc2)cc1OC. The normalized spacial score (nSPS) is 12.0. The van der Waals surface area contributed by atoms with Gasteiger partial charge in [0.25, 0.3) is 0 Å². The highest BCUT2D eigenvalue weighted by Gasteiger charge is 2.15. The molecule has 0 heterocycles. The van der Waals surface area contributed by atoms with Crippen LogP contribution in [0, 0.1) is 0 Å². The van der Waals surface area contributed by atoms with E-state index in [1.54, 1.807) is 7.11 Å². The minimum atomic E-state index is -0.266. The van der Waals surface area contributed by atoms with Crippen LogP contribution in [0.5, 0.6) is 5.75 Å². The lowest BCUT2D eigenvalue weighted by molar-refractivity contribution is 0.0992. The molecular weight excluding hydrogens is 432 g/mol. The van der Waals surface area contributed by atoms with Crippen molar-refractivity contribution in [3.8, 4) is 5.75 Å². The highest BCUT2D eigenvalue weighted by molar-refractivity contribution is 5.97. The van der Waals surface area contributed by atoms with Gasteiger partial charge in [0, 0.05) is 12.0 Å². The number of ether oxygens (including phenoxy) is 1. The molecule has 35 heavy (non-hydrogen) atoms. The molecule has 0 aliphatic heterocycles. The van der Waals surface area contributed by atoms with Crippen molar-refractivity contribution in [1.82, 2.24) is 0 Å². The van der Waals surface area contributed by atoms with Gasteiger partial charge in [-0.25, -0.2) is 0 Å². The fraction of sp³-hybridized carbons (Fsp3) is 0.594. The maximum absolute atomic E-state index is 12.7. The molecule has 0 radical (unpaired) electrons. The quantitative estimate of drug-likeness (QED) is 0.162. The number of aliphatic hydroxyl groups is 1. The molecule has 0 aliphatic rings. The molecule has 0 aromatic heterocycles. The van der Waals surface area contributed by atoms with Crippen molar-refractivity contribution in [3.63, 3.8) is 0 Å². The Morgan fingerprint density at radius 1 is 0.800 bits per heavy atom. The van der Waals surface area contributed by atoms with Crippen LogP contribution < -0.4 is 4.74 Å². The molecule has 2 aromatic carbocycles. The van der Waals surface area contributed by atoms with Gasteiger partial charge in [-0.1, -0.05) is 114 Å². The van der Waals surface area contributed by atoms with Gasteiger partial charge in [-0.15, -0.1) is 0 Å². The zero-order valence-electron chi connectivity index (χ0n) is 22.5. The summed E-state index contributed by atoms with van der Waals surface area (Å²) in [6.07, 6.45) is 16.6. The molecule has 0 saturated carbocycles. The van der Waals surface area contributed by atoms with Crippen molar-refractivity contribution < 1.29 is 14.6 Å². The van der Waals surface area contributed by atoms with Gasteiger partial charge >= 0.3 is 0 Å². The van der Waals surface area contributed by atoms with E-state index in [1.165, 1.54) is 63.4 Å². The van der Waals surface area contributed by atoms with E-state index in [4.69, 9.17) is 4.74 Å². The van der Waals surface area contributed by atoms with E-state index in [-0.39, 0.29) is 11.9 Å². The van der Waals surface area contributed by atoms with Crippen molar-refractivity contribution >= 4 is 5.78 Å². The Kier molecular flexibility index (Phi) is 14.4. The van der Waals surface area contributed by atoms with E-state index in [9.17, 15) is 9.90 Å². The van der Waals surface area contributed by atoms with E-state index in [0.717, 1.165) is 54.5 Å². The first-order chi connectivity index (χ1) is 17.1. The standard InChI is InChI=1S/C32H48O3/c1-4-6-7-8-9-10-11-12-13-17-20-30(33)22-21-28-23-26(5-2)29(25-32(28)35-3)24-31(34)27-18-15-14-16-19-27/h14-16,18-19,23,25,30,33H,4-13,17,20-22,24H2,1-3H3. The number of Topliss-reactive ketones (excluding diaryl/α,β-unsaturated/α-hetero) is 1. The molecule has 0 spiro atoms. The van der Waals surface area contributed by atoms with Crippen molar-refractivity contribution in [2.24, 2.45) is 0 Å². The number of hydrogen-bond acceptors (Lipinski definition) is 3. The summed E-state index contributed by atoms with van der Waals surface area (Å²) in [7, 11) is 1.69. The summed E-state index contributed by atoms with van der Waals surface area (Å²) >= 11 is 0. The third kappa shape index (κ3) is 11.0. The van der Waals surface area contributed by atoms with Crippen LogP contribution in [0.15, 0.2) is 42.5 Å². The maximum Gasteiger partial charge on any atom is 0.167 e. The van der Waals surface area contributed by atoms with E-state index in [0.29, 0.717) is 6.42 Å². The van der Waals surface area contributed by atoms with E-state index < -0.39 is 0 Å². The molecule has 3 heteroatoms. The summed E-state index contributed by atoms with van der Waals surface area (Å²) < 4.78 is 5.68. The summed E-state index contributed by atoms with van der Waals surface area (Å²) in [4.78, 5) is 12.7. The van der Waals surface area contributed by atoms with Gasteiger partial charge in [0.05, 0.1) is 13.2 Å². The molecule has 1 N–H and O–H groups in total. The topological polar surface area (TPSA) is 46.5 Å². The Morgan fingerprint density at radius 2 is 1.43 bits per heavy atom. The van der Waals surface area contributed by atoms with Crippen LogP contribution in [0.4, 0.5) is 0 Å². The molecule has 1 unspecified atom stereocenters. The average molecular weight is 481 g/mol. The first kappa shape index (κ1) is 29.1. The number of carbonyl (C=O) groups excluding carboxylic acids is 1. The van der Waals surface area contributed by atoms with E-state index >= 15 is 0 Å². The number of aryl methyl sites for hydroxylation is 2. The average Bonchev–Trinajstić information content (AvgIpc) is 2.89. The molecule has 0 saturated heterocycles. The zero-order valence-corrected chi connectivity index (χ0v) is 22.5. The number of methoxy groups -OCH3 is 1. The van der Waals surface area contributed by atoms with Gasteiger partial charge in [-0.3, -0.25) is 4.79 Å². The predicted molar refractivity (Wildman–Crippen MR) is 148 cm³/mol. The van der Waals surface area contributed by atoms with Gasteiger partial charge < -0.3 is 9.84 Å². The Morgan fingerprint density at radius 3 is 2.03 bits per heavy atom. The van der Waals surface area contributed by atoms with Gasteiger partial charge in [-0.2, -0.15) is 0 Å². The molecule has 3 nitrogen and oxygen atoms in total. The Balaban J connectivity index is 1.77. The zero-order chi connectivity index (χ0) is 25.3. The number of benzene rings is 2. The van der Waals surface area contributed by atoms with Crippen LogP contribution >= 0.6 is 0 Å². The van der Waals surface area contributed by atoms with Crippen LogP contribution in [-0.2, 0) is 19.3 Å². The largest absolute Gasteiger partial charge is 0.496 e. The summed E-state index contributed by atoms with van der Waals surface area (Å²) in [6.45, 7) is 4.39. The lowest BCUT2D eigenvalue weighted by Gasteiger charge is -2.16. The molecule has 0 amide bonds. The highest BCUT2D eigenvalue weighted by atomic mass is 16.5. The molecule has 194 valence electrons. The van der Waals surface area contributed by atoms with E-state index in [1.807, 2.05) is 36.4 Å².